The fourth-order valence-corrected chi connectivity index (χ4v) is 2.96. The van der Waals surface area contributed by atoms with Crippen molar-refractivity contribution in [1.29, 1.82) is 0 Å². The van der Waals surface area contributed by atoms with Crippen LogP contribution in [-0.4, -0.2) is 26.3 Å². The second-order valence-corrected chi connectivity index (χ2v) is 6.03. The van der Waals surface area contributed by atoms with Gasteiger partial charge < -0.3 is 10.1 Å². The second kappa shape index (κ2) is 8.10. The normalized spacial score (nSPS) is 19.1. The van der Waals surface area contributed by atoms with Crippen molar-refractivity contribution in [2.75, 3.05) is 26.3 Å². The molecule has 0 aromatic carbocycles. The molecule has 0 saturated heterocycles. The third-order valence-corrected chi connectivity index (χ3v) is 3.92. The molecular formula is C15H31NO. The number of hydrogen-bond donors (Lipinski definition) is 1. The van der Waals surface area contributed by atoms with E-state index in [1.807, 2.05) is 0 Å². The Hall–Kier alpha value is -0.0800. The van der Waals surface area contributed by atoms with Gasteiger partial charge in [-0.3, -0.25) is 0 Å². The summed E-state index contributed by atoms with van der Waals surface area (Å²) in [5, 5.41) is 3.67. The standard InChI is InChI=1S/C15H31NO/c1-4-17-11-7-10-15(8-5-6-9-15)13-16-12-14(2)3/h14,16H,4-13H2,1-3H3. The maximum Gasteiger partial charge on any atom is 0.0466 e. The monoisotopic (exact) mass is 241 g/mol. The van der Waals surface area contributed by atoms with E-state index in [1.54, 1.807) is 0 Å². The van der Waals surface area contributed by atoms with Crippen molar-refractivity contribution in [3.63, 3.8) is 0 Å². The predicted molar refractivity (Wildman–Crippen MR) is 74.3 cm³/mol. The van der Waals surface area contributed by atoms with Gasteiger partial charge in [0.25, 0.3) is 0 Å². The molecule has 0 aliphatic heterocycles. The molecule has 0 heterocycles. The smallest absolute Gasteiger partial charge is 0.0466 e. The third-order valence-electron chi connectivity index (χ3n) is 3.92. The first-order chi connectivity index (χ1) is 8.18. The van der Waals surface area contributed by atoms with Crippen molar-refractivity contribution in [3.05, 3.63) is 0 Å². The van der Waals surface area contributed by atoms with Crippen LogP contribution in [0.3, 0.4) is 0 Å². The summed E-state index contributed by atoms with van der Waals surface area (Å²) >= 11 is 0. The van der Waals surface area contributed by atoms with E-state index in [1.165, 1.54) is 45.1 Å². The molecule has 0 radical (unpaired) electrons. The fraction of sp³-hybridized carbons (Fsp3) is 1.00. The molecule has 0 bridgehead atoms. The Morgan fingerprint density at radius 1 is 1.24 bits per heavy atom. The van der Waals surface area contributed by atoms with E-state index in [9.17, 15) is 0 Å². The predicted octanol–water partition coefficient (Wildman–Crippen LogP) is 3.61. The fourth-order valence-electron chi connectivity index (χ4n) is 2.96. The molecule has 0 amide bonds. The number of hydrogen-bond acceptors (Lipinski definition) is 2. The molecule has 1 aliphatic carbocycles. The molecular weight excluding hydrogens is 210 g/mol. The quantitative estimate of drug-likeness (QED) is 0.623. The first-order valence-corrected chi connectivity index (χ1v) is 7.47. The highest BCUT2D eigenvalue weighted by Gasteiger charge is 2.32. The van der Waals surface area contributed by atoms with Gasteiger partial charge in [0.15, 0.2) is 0 Å². The molecule has 1 aliphatic rings. The van der Waals surface area contributed by atoms with Crippen LogP contribution < -0.4 is 5.32 Å². The average Bonchev–Trinajstić information content (AvgIpc) is 2.73. The molecule has 0 unspecified atom stereocenters. The molecule has 2 nitrogen and oxygen atoms in total. The largest absolute Gasteiger partial charge is 0.382 e. The lowest BCUT2D eigenvalue weighted by molar-refractivity contribution is 0.126. The number of rotatable bonds is 9. The Morgan fingerprint density at radius 2 is 1.94 bits per heavy atom. The van der Waals surface area contributed by atoms with E-state index in [4.69, 9.17) is 4.74 Å². The number of nitrogens with one attached hydrogen (secondary N) is 1. The Labute approximate surface area is 108 Å². The minimum Gasteiger partial charge on any atom is -0.382 e. The molecule has 0 aromatic rings. The lowest BCUT2D eigenvalue weighted by Crippen LogP contribution is -2.34. The van der Waals surface area contributed by atoms with Crippen molar-refractivity contribution < 1.29 is 4.74 Å². The lowest BCUT2D eigenvalue weighted by Gasteiger charge is -2.30. The van der Waals surface area contributed by atoms with Crippen LogP contribution in [0.5, 0.6) is 0 Å². The van der Waals surface area contributed by atoms with Crippen LogP contribution in [0, 0.1) is 11.3 Å². The molecule has 102 valence electrons. The molecule has 1 rings (SSSR count). The Kier molecular flexibility index (Phi) is 7.14. The van der Waals surface area contributed by atoms with Gasteiger partial charge in [0.2, 0.25) is 0 Å². The van der Waals surface area contributed by atoms with Gasteiger partial charge in [-0.1, -0.05) is 26.7 Å². The van der Waals surface area contributed by atoms with Crippen molar-refractivity contribution in [2.24, 2.45) is 11.3 Å². The molecule has 1 saturated carbocycles. The minimum absolute atomic E-state index is 0.589. The molecule has 0 spiro atoms. The summed E-state index contributed by atoms with van der Waals surface area (Å²) < 4.78 is 5.46. The van der Waals surface area contributed by atoms with Crippen LogP contribution in [0.25, 0.3) is 0 Å². The molecule has 1 N–H and O–H groups in total. The summed E-state index contributed by atoms with van der Waals surface area (Å²) in [4.78, 5) is 0. The van der Waals surface area contributed by atoms with Crippen LogP contribution in [-0.2, 0) is 4.74 Å². The van der Waals surface area contributed by atoms with Crippen LogP contribution in [0.2, 0.25) is 0 Å². The molecule has 2 heteroatoms. The summed E-state index contributed by atoms with van der Waals surface area (Å²) in [6, 6.07) is 0. The second-order valence-electron chi connectivity index (χ2n) is 6.03. The average molecular weight is 241 g/mol. The van der Waals surface area contributed by atoms with Gasteiger partial charge in [-0.25, -0.2) is 0 Å². The summed E-state index contributed by atoms with van der Waals surface area (Å²) in [6.07, 6.45) is 8.28. The van der Waals surface area contributed by atoms with Gasteiger partial charge in [-0.2, -0.15) is 0 Å². The first kappa shape index (κ1) is 15.0. The SMILES string of the molecule is CCOCCCC1(CNCC(C)C)CCCC1. The van der Waals surface area contributed by atoms with E-state index in [0.29, 0.717) is 5.41 Å². The van der Waals surface area contributed by atoms with Crippen LogP contribution in [0.15, 0.2) is 0 Å². The van der Waals surface area contributed by atoms with Gasteiger partial charge in [0.1, 0.15) is 0 Å². The summed E-state index contributed by atoms with van der Waals surface area (Å²) in [5.74, 6) is 0.761. The van der Waals surface area contributed by atoms with Crippen LogP contribution >= 0.6 is 0 Å². The van der Waals surface area contributed by atoms with E-state index in [-0.39, 0.29) is 0 Å². The number of ether oxygens (including phenoxy) is 1. The van der Waals surface area contributed by atoms with E-state index in [0.717, 1.165) is 25.7 Å². The van der Waals surface area contributed by atoms with E-state index >= 15 is 0 Å². The minimum atomic E-state index is 0.589. The Morgan fingerprint density at radius 3 is 2.53 bits per heavy atom. The van der Waals surface area contributed by atoms with Gasteiger partial charge in [-0.05, 0) is 50.5 Å². The zero-order chi connectivity index (χ0) is 12.6. The van der Waals surface area contributed by atoms with E-state index < -0.39 is 0 Å². The van der Waals surface area contributed by atoms with Crippen molar-refractivity contribution in [2.45, 2.75) is 59.3 Å². The van der Waals surface area contributed by atoms with Crippen molar-refractivity contribution in [3.8, 4) is 0 Å². The van der Waals surface area contributed by atoms with Gasteiger partial charge >= 0.3 is 0 Å². The lowest BCUT2D eigenvalue weighted by atomic mass is 9.81. The van der Waals surface area contributed by atoms with E-state index in [2.05, 4.69) is 26.1 Å². The summed E-state index contributed by atoms with van der Waals surface area (Å²) in [7, 11) is 0. The highest BCUT2D eigenvalue weighted by Crippen LogP contribution is 2.41. The third kappa shape index (κ3) is 5.87. The zero-order valence-corrected chi connectivity index (χ0v) is 12.1. The van der Waals surface area contributed by atoms with Crippen molar-refractivity contribution in [1.82, 2.24) is 5.32 Å². The molecule has 0 atom stereocenters. The van der Waals surface area contributed by atoms with Crippen LogP contribution in [0.4, 0.5) is 0 Å². The summed E-state index contributed by atoms with van der Waals surface area (Å²) in [6.45, 7) is 10.8. The zero-order valence-electron chi connectivity index (χ0n) is 12.1. The maximum absolute atomic E-state index is 5.46. The summed E-state index contributed by atoms with van der Waals surface area (Å²) in [5.41, 5.74) is 0.589. The van der Waals surface area contributed by atoms with Crippen molar-refractivity contribution >= 4 is 0 Å². The topological polar surface area (TPSA) is 21.3 Å². The Balaban J connectivity index is 2.24. The molecule has 17 heavy (non-hydrogen) atoms. The highest BCUT2D eigenvalue weighted by molar-refractivity contribution is 4.86. The molecule has 0 aromatic heterocycles. The van der Waals surface area contributed by atoms with Gasteiger partial charge in [0, 0.05) is 19.8 Å². The Bertz CT molecular complexity index is 185. The maximum atomic E-state index is 5.46. The molecule has 1 fully saturated rings. The van der Waals surface area contributed by atoms with Crippen LogP contribution in [0.1, 0.15) is 59.3 Å². The highest BCUT2D eigenvalue weighted by atomic mass is 16.5. The van der Waals surface area contributed by atoms with Gasteiger partial charge in [-0.15, -0.1) is 0 Å². The first-order valence-electron chi connectivity index (χ1n) is 7.47. The van der Waals surface area contributed by atoms with Gasteiger partial charge in [0.05, 0.1) is 0 Å².